The van der Waals surface area contributed by atoms with Crippen LogP contribution in [-0.2, 0) is 38.3 Å². The van der Waals surface area contributed by atoms with Gasteiger partial charge in [-0.3, -0.25) is 0 Å². The first-order valence-electron chi connectivity index (χ1n) is 15.4. The van der Waals surface area contributed by atoms with Crippen molar-refractivity contribution in [1.29, 1.82) is 0 Å². The molecule has 0 spiro atoms. The van der Waals surface area contributed by atoms with Crippen molar-refractivity contribution in [3.05, 3.63) is 0 Å². The fourth-order valence-electron chi connectivity index (χ4n) is 6.38. The Hall–Kier alpha value is -0.650. The van der Waals surface area contributed by atoms with E-state index in [0.717, 1.165) is 0 Å². The molecule has 0 unspecified atom stereocenters. The van der Waals surface area contributed by atoms with Crippen molar-refractivity contribution in [2.45, 2.75) is 118 Å². The van der Waals surface area contributed by atoms with Crippen LogP contribution < -0.4 is 34.4 Å². The van der Waals surface area contributed by atoms with Gasteiger partial charge in [-0.25, -0.2) is 8.42 Å². The first-order chi connectivity index (χ1) is 20.9. The molecule has 18 heteroatoms. The van der Waals surface area contributed by atoms with Gasteiger partial charge in [0.2, 0.25) is 0 Å². The van der Waals surface area contributed by atoms with Gasteiger partial charge >= 0.3 is 0 Å². The Bertz CT molecular complexity index is 1000. The van der Waals surface area contributed by atoms with Crippen molar-refractivity contribution in [2.75, 3.05) is 37.7 Å². The molecule has 4 fully saturated rings. The lowest BCUT2D eigenvalue weighted by Crippen LogP contribution is -2.63. The molecule has 0 bridgehead atoms. The van der Waals surface area contributed by atoms with E-state index >= 15 is 0 Å². The van der Waals surface area contributed by atoms with Crippen LogP contribution in [0.2, 0.25) is 0 Å². The monoisotopic (exact) mass is 656 g/mol. The van der Waals surface area contributed by atoms with E-state index in [4.69, 9.17) is 62.8 Å². The molecule has 0 aromatic rings. The van der Waals surface area contributed by atoms with Crippen molar-refractivity contribution < 1.29 is 52.2 Å². The van der Waals surface area contributed by atoms with Crippen molar-refractivity contribution in [1.82, 2.24) is 0 Å². The minimum Gasteiger partial charge on any atom is -0.394 e. The van der Waals surface area contributed by atoms with Crippen LogP contribution in [-0.4, -0.2) is 147 Å². The van der Waals surface area contributed by atoms with Gasteiger partial charge in [-0.15, -0.1) is 0 Å². The Morgan fingerprint density at radius 2 is 1.25 bits per heavy atom. The second-order valence-electron chi connectivity index (χ2n) is 12.3. The molecule has 1 aliphatic carbocycles. The van der Waals surface area contributed by atoms with Gasteiger partial charge in [0.1, 0.15) is 30.5 Å². The van der Waals surface area contributed by atoms with E-state index in [2.05, 4.69) is 0 Å². The average molecular weight is 657 g/mol. The molecule has 3 saturated heterocycles. The summed E-state index contributed by atoms with van der Waals surface area (Å²) in [6.07, 6.45) is -8.73. The quantitative estimate of drug-likeness (QED) is 0.0895. The number of nitrogens with two attached hydrogens (primary N) is 6. The van der Waals surface area contributed by atoms with Gasteiger partial charge in [-0.05, 0) is 32.1 Å². The first kappa shape index (κ1) is 36.2. The normalized spacial score (nSPS) is 45.4. The second-order valence-corrected chi connectivity index (χ2v) is 14.5. The molecule has 4 rings (SSSR count). The minimum atomic E-state index is -3.63. The molecule has 3 aliphatic heterocycles. The highest BCUT2D eigenvalue weighted by Crippen LogP contribution is 2.36. The lowest BCUT2D eigenvalue weighted by Gasteiger charge is -2.46. The molecule has 1 saturated carbocycles. The number of hydrogen-bond donors (Lipinski definition) is 9. The standard InChI is InChI=1S/C26H52N6O11S/c27-5-6-44(36,37)11-12-7-17(32)21(41-24-15(30)3-1-13(8-28)38-24)23(19(12)34)43-26-20(35)22(18(10-33)40-26)42-25-16(31)4-2-14(9-29)39-25/h12-26,33-35H,1-11,27-32H2/t12-,13-,14+,15+,16+,17-,18+,19-,20+,21+,22+,23+,24+,25+,26-/m0/s1. The van der Waals surface area contributed by atoms with Crippen molar-refractivity contribution in [3.8, 4) is 0 Å². The lowest BCUT2D eigenvalue weighted by molar-refractivity contribution is -0.290. The summed E-state index contributed by atoms with van der Waals surface area (Å²) in [6.45, 7) is -0.106. The van der Waals surface area contributed by atoms with Crippen LogP contribution in [0.1, 0.15) is 32.1 Å². The summed E-state index contributed by atoms with van der Waals surface area (Å²) in [6, 6.07) is -1.85. The van der Waals surface area contributed by atoms with Crippen LogP contribution in [0.5, 0.6) is 0 Å². The highest BCUT2D eigenvalue weighted by Gasteiger charge is 2.53. The predicted octanol–water partition coefficient (Wildman–Crippen LogP) is -5.12. The second kappa shape index (κ2) is 16.0. The van der Waals surface area contributed by atoms with Crippen LogP contribution in [0.15, 0.2) is 0 Å². The average Bonchev–Trinajstić information content (AvgIpc) is 3.28. The zero-order valence-corrected chi connectivity index (χ0v) is 25.7. The number of hydrogen-bond acceptors (Lipinski definition) is 17. The van der Waals surface area contributed by atoms with Gasteiger partial charge in [-0.2, -0.15) is 0 Å². The van der Waals surface area contributed by atoms with E-state index in [1.54, 1.807) is 0 Å². The van der Waals surface area contributed by atoms with E-state index in [1.807, 2.05) is 0 Å². The van der Waals surface area contributed by atoms with Gasteiger partial charge < -0.3 is 78.1 Å². The van der Waals surface area contributed by atoms with Crippen LogP contribution in [0, 0.1) is 5.92 Å². The number of aliphatic hydroxyl groups excluding tert-OH is 3. The molecule has 44 heavy (non-hydrogen) atoms. The first-order valence-corrected chi connectivity index (χ1v) is 17.2. The summed E-state index contributed by atoms with van der Waals surface area (Å²) in [4.78, 5) is 0. The van der Waals surface area contributed by atoms with Gasteiger partial charge in [0.25, 0.3) is 0 Å². The van der Waals surface area contributed by atoms with Gasteiger partial charge in [0, 0.05) is 31.6 Å². The molecule has 4 aliphatic rings. The van der Waals surface area contributed by atoms with E-state index < -0.39 is 102 Å². The third-order valence-corrected chi connectivity index (χ3v) is 10.7. The Balaban J connectivity index is 1.54. The zero-order chi connectivity index (χ0) is 32.2. The molecule has 258 valence electrons. The SMILES string of the molecule is NCCS(=O)(=O)C[C@@H]1C[C@H](N)[C@@H](O[C@H]2O[C@H](CN)CC[C@H]2N)[C@H](O[C@@H]2O[C@H](CO)[C@@H](O[C@H]3O[C@@H](CN)CC[C@H]3N)[C@H]2O)[C@H]1O. The summed E-state index contributed by atoms with van der Waals surface area (Å²) in [5, 5.41) is 32.9. The van der Waals surface area contributed by atoms with Crippen LogP contribution in [0.4, 0.5) is 0 Å². The van der Waals surface area contributed by atoms with Gasteiger partial charge in [0.05, 0.1) is 48.5 Å². The topological polar surface area (TPSA) is 306 Å². The molecule has 3 heterocycles. The van der Waals surface area contributed by atoms with Crippen LogP contribution in [0.3, 0.4) is 0 Å². The maximum atomic E-state index is 12.7. The molecule has 0 radical (unpaired) electrons. The Morgan fingerprint density at radius 1 is 0.705 bits per heavy atom. The van der Waals surface area contributed by atoms with Crippen LogP contribution >= 0.6 is 0 Å². The van der Waals surface area contributed by atoms with Crippen LogP contribution in [0.25, 0.3) is 0 Å². The molecular weight excluding hydrogens is 604 g/mol. The summed E-state index contributed by atoms with van der Waals surface area (Å²) >= 11 is 0. The Kier molecular flexibility index (Phi) is 13.1. The highest BCUT2D eigenvalue weighted by molar-refractivity contribution is 7.91. The number of rotatable bonds is 13. The number of aliphatic hydroxyl groups is 3. The third-order valence-electron chi connectivity index (χ3n) is 8.90. The van der Waals surface area contributed by atoms with E-state index in [1.165, 1.54) is 0 Å². The smallest absolute Gasteiger partial charge is 0.187 e. The maximum Gasteiger partial charge on any atom is 0.187 e. The molecule has 0 aromatic carbocycles. The molecule has 15 atom stereocenters. The fraction of sp³-hybridized carbons (Fsp3) is 1.00. The summed E-state index contributed by atoms with van der Waals surface area (Å²) in [5.41, 5.74) is 36.0. The van der Waals surface area contributed by atoms with E-state index in [-0.39, 0.29) is 44.0 Å². The Morgan fingerprint density at radius 3 is 1.77 bits per heavy atom. The van der Waals surface area contributed by atoms with Crippen molar-refractivity contribution in [3.63, 3.8) is 0 Å². The molecule has 17 nitrogen and oxygen atoms in total. The summed E-state index contributed by atoms with van der Waals surface area (Å²) < 4.78 is 61.3. The van der Waals surface area contributed by atoms with E-state index in [9.17, 15) is 23.7 Å². The largest absolute Gasteiger partial charge is 0.394 e. The predicted molar refractivity (Wildman–Crippen MR) is 156 cm³/mol. The number of sulfone groups is 1. The minimum absolute atomic E-state index is 0.0749. The molecule has 0 aromatic heterocycles. The highest BCUT2D eigenvalue weighted by atomic mass is 32.2. The fourth-order valence-corrected chi connectivity index (χ4v) is 7.89. The lowest BCUT2D eigenvalue weighted by atomic mass is 9.80. The van der Waals surface area contributed by atoms with Crippen molar-refractivity contribution in [2.24, 2.45) is 40.3 Å². The molecule has 15 N–H and O–H groups in total. The maximum absolute atomic E-state index is 12.7. The van der Waals surface area contributed by atoms with Crippen molar-refractivity contribution >= 4 is 9.84 Å². The number of ether oxygens (including phenoxy) is 6. The van der Waals surface area contributed by atoms with Gasteiger partial charge in [0.15, 0.2) is 28.7 Å². The Labute approximate surface area is 258 Å². The summed E-state index contributed by atoms with van der Waals surface area (Å²) in [5.74, 6) is -1.50. The zero-order valence-electron chi connectivity index (χ0n) is 24.9. The third kappa shape index (κ3) is 8.62. The molecule has 0 amide bonds. The van der Waals surface area contributed by atoms with Gasteiger partial charge in [-0.1, -0.05) is 0 Å². The molecular formula is C26H52N6O11S. The summed E-state index contributed by atoms with van der Waals surface area (Å²) in [7, 11) is -3.63. The van der Waals surface area contributed by atoms with E-state index in [0.29, 0.717) is 25.7 Å².